The van der Waals surface area contributed by atoms with Gasteiger partial charge in [-0.15, -0.1) is 0 Å². The second-order valence-corrected chi connectivity index (χ2v) is 6.57. The summed E-state index contributed by atoms with van der Waals surface area (Å²) >= 11 is 0. The lowest BCUT2D eigenvalue weighted by Crippen LogP contribution is -2.46. The Balaban J connectivity index is 1.79. The molecular formula is C15H20F3N3O. The third-order valence-electron chi connectivity index (χ3n) is 4.63. The van der Waals surface area contributed by atoms with Gasteiger partial charge < -0.3 is 10.0 Å². The maximum atomic E-state index is 12.8. The minimum atomic E-state index is -4.46. The number of halogens is 3. The van der Waals surface area contributed by atoms with Crippen molar-refractivity contribution >= 4 is 5.95 Å². The molecule has 0 radical (unpaired) electrons. The van der Waals surface area contributed by atoms with Crippen LogP contribution in [-0.4, -0.2) is 34.8 Å². The molecular weight excluding hydrogens is 295 g/mol. The zero-order chi connectivity index (χ0) is 15.8. The summed E-state index contributed by atoms with van der Waals surface area (Å²) in [5.74, 6) is 0.776. The van der Waals surface area contributed by atoms with Crippen molar-refractivity contribution in [3.63, 3.8) is 0 Å². The molecule has 0 bridgehead atoms. The predicted molar refractivity (Wildman–Crippen MR) is 75.3 cm³/mol. The summed E-state index contributed by atoms with van der Waals surface area (Å²) in [7, 11) is 0. The van der Waals surface area contributed by atoms with E-state index < -0.39 is 11.9 Å². The van der Waals surface area contributed by atoms with E-state index in [9.17, 15) is 18.3 Å². The Hall–Kier alpha value is -1.37. The average Bonchev–Trinajstić information content (AvgIpc) is 3.30. The number of piperidine rings is 1. The van der Waals surface area contributed by atoms with Gasteiger partial charge in [0.1, 0.15) is 5.69 Å². The number of anilines is 1. The van der Waals surface area contributed by atoms with Gasteiger partial charge in [0.15, 0.2) is 0 Å². The molecule has 0 amide bonds. The van der Waals surface area contributed by atoms with Crippen LogP contribution in [0.4, 0.5) is 19.1 Å². The van der Waals surface area contributed by atoms with Crippen molar-refractivity contribution in [3.05, 3.63) is 18.0 Å². The molecule has 0 aromatic carbocycles. The van der Waals surface area contributed by atoms with Crippen molar-refractivity contribution in [3.8, 4) is 0 Å². The van der Waals surface area contributed by atoms with Crippen LogP contribution in [0.15, 0.2) is 12.3 Å². The minimum Gasteiger partial charge on any atom is -0.396 e. The molecule has 7 heteroatoms. The van der Waals surface area contributed by atoms with Gasteiger partial charge in [-0.1, -0.05) is 12.8 Å². The average molecular weight is 315 g/mol. The second-order valence-electron chi connectivity index (χ2n) is 6.57. The van der Waals surface area contributed by atoms with Crippen LogP contribution in [0.5, 0.6) is 0 Å². The molecule has 2 aliphatic rings. The molecule has 1 atom stereocenters. The van der Waals surface area contributed by atoms with Gasteiger partial charge in [0.2, 0.25) is 5.95 Å². The molecule has 0 unspecified atom stereocenters. The summed E-state index contributed by atoms with van der Waals surface area (Å²) < 4.78 is 38.4. The van der Waals surface area contributed by atoms with Crippen molar-refractivity contribution in [2.45, 2.75) is 38.3 Å². The molecule has 1 saturated carbocycles. The molecule has 22 heavy (non-hydrogen) atoms. The van der Waals surface area contributed by atoms with Crippen LogP contribution in [0.2, 0.25) is 0 Å². The smallest absolute Gasteiger partial charge is 0.396 e. The van der Waals surface area contributed by atoms with E-state index in [1.807, 2.05) is 0 Å². The lowest BCUT2D eigenvalue weighted by molar-refractivity contribution is -0.141. The van der Waals surface area contributed by atoms with Crippen molar-refractivity contribution in [2.75, 3.05) is 24.6 Å². The van der Waals surface area contributed by atoms with Crippen molar-refractivity contribution in [1.29, 1.82) is 0 Å². The van der Waals surface area contributed by atoms with Gasteiger partial charge in [-0.05, 0) is 31.2 Å². The fraction of sp³-hybridized carbons (Fsp3) is 0.733. The Morgan fingerprint density at radius 1 is 1.36 bits per heavy atom. The fourth-order valence-electron chi connectivity index (χ4n) is 3.33. The first-order chi connectivity index (χ1) is 10.4. The van der Waals surface area contributed by atoms with Crippen LogP contribution in [0.1, 0.15) is 37.8 Å². The van der Waals surface area contributed by atoms with Gasteiger partial charge in [-0.3, -0.25) is 0 Å². The third-order valence-corrected chi connectivity index (χ3v) is 4.63. The van der Waals surface area contributed by atoms with Gasteiger partial charge >= 0.3 is 6.18 Å². The minimum absolute atomic E-state index is 0.0684. The zero-order valence-electron chi connectivity index (χ0n) is 12.3. The highest BCUT2D eigenvalue weighted by atomic mass is 19.4. The number of nitrogens with zero attached hydrogens (tertiary/aromatic N) is 3. The molecule has 1 aliphatic heterocycles. The molecule has 1 aliphatic carbocycles. The Kier molecular flexibility index (Phi) is 4.01. The van der Waals surface area contributed by atoms with Crippen LogP contribution in [0.25, 0.3) is 0 Å². The van der Waals surface area contributed by atoms with Gasteiger partial charge in [-0.2, -0.15) is 13.2 Å². The summed E-state index contributed by atoms with van der Waals surface area (Å²) in [4.78, 5) is 9.46. The molecule has 2 fully saturated rings. The van der Waals surface area contributed by atoms with Gasteiger partial charge in [-0.25, -0.2) is 9.97 Å². The molecule has 4 nitrogen and oxygen atoms in total. The molecule has 1 N–H and O–H groups in total. The normalized spacial score (nSPS) is 26.3. The van der Waals surface area contributed by atoms with E-state index >= 15 is 0 Å². The topological polar surface area (TPSA) is 49.2 Å². The Labute approximate surface area is 127 Å². The largest absolute Gasteiger partial charge is 0.433 e. The zero-order valence-corrected chi connectivity index (χ0v) is 12.3. The number of aromatic nitrogens is 2. The number of alkyl halides is 3. The first kappa shape index (κ1) is 15.5. The summed E-state index contributed by atoms with van der Waals surface area (Å²) in [6.45, 7) is 1.23. The lowest BCUT2D eigenvalue weighted by atomic mass is 9.76. The Morgan fingerprint density at radius 2 is 2.14 bits per heavy atom. The number of hydrogen-bond acceptors (Lipinski definition) is 4. The van der Waals surface area contributed by atoms with Crippen LogP contribution < -0.4 is 4.90 Å². The molecule has 1 aromatic heterocycles. The van der Waals surface area contributed by atoms with E-state index in [1.165, 1.54) is 12.8 Å². The highest BCUT2D eigenvalue weighted by Gasteiger charge is 2.41. The Bertz CT molecular complexity index is 533. The summed E-state index contributed by atoms with van der Waals surface area (Å²) in [6.07, 6.45) is 1.78. The number of hydrogen-bond donors (Lipinski definition) is 1. The van der Waals surface area contributed by atoms with Gasteiger partial charge in [0.05, 0.1) is 6.61 Å². The first-order valence-electron chi connectivity index (χ1n) is 7.68. The molecule has 122 valence electrons. The highest BCUT2D eigenvalue weighted by Crippen LogP contribution is 2.44. The van der Waals surface area contributed by atoms with E-state index in [-0.39, 0.29) is 18.0 Å². The van der Waals surface area contributed by atoms with E-state index in [1.54, 1.807) is 4.90 Å². The predicted octanol–water partition coefficient (Wildman–Crippen LogP) is 2.87. The van der Waals surface area contributed by atoms with Gasteiger partial charge in [0.25, 0.3) is 0 Å². The second kappa shape index (κ2) is 5.68. The third kappa shape index (κ3) is 3.34. The monoisotopic (exact) mass is 315 g/mol. The molecule has 3 rings (SSSR count). The molecule has 1 aromatic rings. The summed E-state index contributed by atoms with van der Waals surface area (Å²) in [6, 6.07) is 0.886. The van der Waals surface area contributed by atoms with Crippen LogP contribution >= 0.6 is 0 Å². The fourth-order valence-corrected chi connectivity index (χ4v) is 3.33. The number of aliphatic hydroxyl groups is 1. The van der Waals surface area contributed by atoms with Crippen molar-refractivity contribution < 1.29 is 18.3 Å². The quantitative estimate of drug-likeness (QED) is 0.928. The van der Waals surface area contributed by atoms with Crippen LogP contribution in [-0.2, 0) is 6.18 Å². The first-order valence-corrected chi connectivity index (χ1v) is 7.68. The SMILES string of the molecule is OC[C@@]1(CC2CC2)CCCN(c2nccc(C(F)(F)F)n2)C1. The van der Waals surface area contributed by atoms with E-state index in [4.69, 9.17) is 0 Å². The van der Waals surface area contributed by atoms with Crippen molar-refractivity contribution in [1.82, 2.24) is 9.97 Å². The molecule has 2 heterocycles. The van der Waals surface area contributed by atoms with E-state index in [0.29, 0.717) is 19.0 Å². The van der Waals surface area contributed by atoms with E-state index in [0.717, 1.165) is 31.5 Å². The maximum absolute atomic E-state index is 12.8. The highest BCUT2D eigenvalue weighted by molar-refractivity contribution is 5.32. The lowest BCUT2D eigenvalue weighted by Gasteiger charge is -2.42. The number of rotatable bonds is 4. The summed E-state index contributed by atoms with van der Waals surface area (Å²) in [5.41, 5.74) is -1.14. The molecule has 1 saturated heterocycles. The van der Waals surface area contributed by atoms with E-state index in [2.05, 4.69) is 9.97 Å². The molecule has 0 spiro atoms. The van der Waals surface area contributed by atoms with Crippen LogP contribution in [0.3, 0.4) is 0 Å². The van der Waals surface area contributed by atoms with Crippen LogP contribution in [0, 0.1) is 11.3 Å². The summed E-state index contributed by atoms with van der Waals surface area (Å²) in [5, 5.41) is 9.82. The van der Waals surface area contributed by atoms with Gasteiger partial charge in [0, 0.05) is 24.7 Å². The van der Waals surface area contributed by atoms with Crippen molar-refractivity contribution in [2.24, 2.45) is 11.3 Å². The Morgan fingerprint density at radius 3 is 2.77 bits per heavy atom. The standard InChI is InChI=1S/C15H20F3N3O/c16-15(17,18)12-4-6-19-13(20-12)21-7-1-5-14(9-21,10-22)8-11-2-3-11/h4,6,11,22H,1-3,5,7-10H2/t14-/m1/s1. The number of aliphatic hydroxyl groups excluding tert-OH is 1. The maximum Gasteiger partial charge on any atom is 0.433 e.